The van der Waals surface area contributed by atoms with Crippen LogP contribution in [0.2, 0.25) is 0 Å². The van der Waals surface area contributed by atoms with E-state index >= 15 is 0 Å². The Morgan fingerprint density at radius 3 is 2.39 bits per heavy atom. The Bertz CT molecular complexity index is 530. The summed E-state index contributed by atoms with van der Waals surface area (Å²) in [5, 5.41) is 0. The number of fused-ring (bicyclic) bond motifs is 1. The van der Waals surface area contributed by atoms with Crippen LogP contribution in [0.1, 0.15) is 27.1 Å². The molecule has 0 aliphatic carbocycles. The molecule has 2 amide bonds. The van der Waals surface area contributed by atoms with E-state index in [0.717, 1.165) is 0 Å². The van der Waals surface area contributed by atoms with Crippen molar-refractivity contribution in [2.45, 2.75) is 12.5 Å². The van der Waals surface area contributed by atoms with Gasteiger partial charge in [-0.2, -0.15) is 0 Å². The average molecular weight is 244 g/mol. The second-order valence-corrected chi connectivity index (χ2v) is 4.25. The highest BCUT2D eigenvalue weighted by molar-refractivity contribution is 6.22. The minimum absolute atomic E-state index is 0.257. The largest absolute Gasteiger partial charge is 0.483 e. The molecular weight excluding hydrogens is 232 g/mol. The quantitative estimate of drug-likeness (QED) is 0.695. The summed E-state index contributed by atoms with van der Waals surface area (Å²) >= 11 is 0. The first-order chi connectivity index (χ1) is 8.74. The fourth-order valence-corrected chi connectivity index (χ4v) is 2.46. The van der Waals surface area contributed by atoms with Gasteiger partial charge in [0, 0.05) is 6.54 Å². The molecule has 5 nitrogen and oxygen atoms in total. The van der Waals surface area contributed by atoms with Gasteiger partial charge in [-0.1, -0.05) is 12.1 Å². The minimum atomic E-state index is -0.359. The summed E-state index contributed by atoms with van der Waals surface area (Å²) in [6, 6.07) is 6.51. The highest BCUT2D eigenvalue weighted by atomic mass is 16.5. The van der Waals surface area contributed by atoms with Crippen molar-refractivity contribution < 1.29 is 14.3 Å². The number of imide groups is 1. The Labute approximate surface area is 104 Å². The summed E-state index contributed by atoms with van der Waals surface area (Å²) in [5.74, 6) is -0.0518. The van der Waals surface area contributed by atoms with E-state index in [-0.39, 0.29) is 17.9 Å². The number of methoxy groups -OCH3 is 1. The average Bonchev–Trinajstić information content (AvgIpc) is 2.95. The van der Waals surface area contributed by atoms with Crippen LogP contribution >= 0.6 is 0 Å². The molecule has 0 saturated heterocycles. The van der Waals surface area contributed by atoms with Gasteiger partial charge in [-0.05, 0) is 18.6 Å². The third kappa shape index (κ3) is 1.37. The molecule has 0 aromatic heterocycles. The number of benzene rings is 1. The Balaban J connectivity index is 2.00. The molecule has 1 atom stereocenters. The van der Waals surface area contributed by atoms with Crippen LogP contribution in [-0.2, 0) is 4.74 Å². The lowest BCUT2D eigenvalue weighted by atomic mass is 10.1. The van der Waals surface area contributed by atoms with Crippen molar-refractivity contribution in [1.29, 1.82) is 0 Å². The van der Waals surface area contributed by atoms with Gasteiger partial charge in [0.2, 0.25) is 5.90 Å². The molecule has 0 spiro atoms. The van der Waals surface area contributed by atoms with Crippen LogP contribution in [0.5, 0.6) is 0 Å². The van der Waals surface area contributed by atoms with Crippen molar-refractivity contribution in [2.24, 2.45) is 4.99 Å². The van der Waals surface area contributed by atoms with Crippen LogP contribution in [0.15, 0.2) is 29.3 Å². The van der Waals surface area contributed by atoms with Crippen LogP contribution in [0, 0.1) is 0 Å². The van der Waals surface area contributed by atoms with E-state index in [1.807, 2.05) is 0 Å². The Hall–Kier alpha value is -2.17. The van der Waals surface area contributed by atoms with Gasteiger partial charge in [0.25, 0.3) is 11.8 Å². The molecule has 2 heterocycles. The fourth-order valence-electron chi connectivity index (χ4n) is 2.46. The number of aliphatic imine (C=N–C) groups is 1. The third-order valence-corrected chi connectivity index (χ3v) is 3.30. The first-order valence-electron chi connectivity index (χ1n) is 5.79. The van der Waals surface area contributed by atoms with Crippen LogP contribution in [0.4, 0.5) is 0 Å². The first kappa shape index (κ1) is 11.0. The van der Waals surface area contributed by atoms with E-state index < -0.39 is 0 Å². The lowest BCUT2D eigenvalue weighted by Gasteiger charge is -2.22. The van der Waals surface area contributed by atoms with Gasteiger partial charge in [-0.15, -0.1) is 0 Å². The molecule has 0 fully saturated rings. The molecule has 2 aliphatic rings. The number of nitrogens with zero attached hydrogens (tertiary/aromatic N) is 2. The van der Waals surface area contributed by atoms with E-state index in [9.17, 15) is 9.59 Å². The summed E-state index contributed by atoms with van der Waals surface area (Å²) in [4.78, 5) is 29.9. The van der Waals surface area contributed by atoms with Gasteiger partial charge < -0.3 is 4.74 Å². The Morgan fingerprint density at radius 2 is 1.83 bits per heavy atom. The smallest absolute Gasteiger partial charge is 0.262 e. The van der Waals surface area contributed by atoms with E-state index in [2.05, 4.69) is 4.99 Å². The van der Waals surface area contributed by atoms with Gasteiger partial charge in [-0.25, -0.2) is 0 Å². The predicted molar refractivity (Wildman–Crippen MR) is 64.7 cm³/mol. The van der Waals surface area contributed by atoms with Gasteiger partial charge in [0.1, 0.15) is 6.04 Å². The van der Waals surface area contributed by atoms with Gasteiger partial charge in [0.15, 0.2) is 0 Å². The standard InChI is InChI=1S/C13H12N2O3/c1-18-11-10(6-7-14-11)15-12(16)8-4-2-3-5-9(8)13(15)17/h2-5,10H,6-7H2,1H3. The number of carbonyl (C=O) groups is 2. The molecule has 3 rings (SSSR count). The van der Waals surface area contributed by atoms with Crippen molar-refractivity contribution in [3.63, 3.8) is 0 Å². The highest BCUT2D eigenvalue weighted by Gasteiger charge is 2.43. The lowest BCUT2D eigenvalue weighted by Crippen LogP contribution is -2.43. The topological polar surface area (TPSA) is 59.0 Å². The second-order valence-electron chi connectivity index (χ2n) is 4.25. The number of hydrogen-bond acceptors (Lipinski definition) is 4. The number of hydrogen-bond donors (Lipinski definition) is 0. The maximum absolute atomic E-state index is 12.3. The highest BCUT2D eigenvalue weighted by Crippen LogP contribution is 2.27. The zero-order valence-corrected chi connectivity index (χ0v) is 9.92. The zero-order chi connectivity index (χ0) is 12.7. The van der Waals surface area contributed by atoms with Crippen LogP contribution in [-0.4, -0.2) is 42.3 Å². The fraction of sp³-hybridized carbons (Fsp3) is 0.308. The summed E-state index contributed by atoms with van der Waals surface area (Å²) in [6.07, 6.45) is 0.634. The first-order valence-corrected chi connectivity index (χ1v) is 5.79. The Kier molecular flexibility index (Phi) is 2.40. The molecule has 2 aliphatic heterocycles. The van der Waals surface area contributed by atoms with E-state index in [0.29, 0.717) is 30.0 Å². The van der Waals surface area contributed by atoms with Crippen molar-refractivity contribution in [3.05, 3.63) is 35.4 Å². The lowest BCUT2D eigenvalue weighted by molar-refractivity contribution is 0.0614. The molecule has 1 aromatic carbocycles. The molecule has 1 aromatic rings. The normalized spacial score (nSPS) is 22.2. The van der Waals surface area contributed by atoms with Crippen molar-refractivity contribution in [1.82, 2.24) is 4.90 Å². The molecule has 92 valence electrons. The summed E-state index contributed by atoms with van der Waals surface area (Å²) in [7, 11) is 1.51. The van der Waals surface area contributed by atoms with Gasteiger partial charge in [0.05, 0.1) is 18.2 Å². The number of amides is 2. The zero-order valence-electron chi connectivity index (χ0n) is 9.92. The summed E-state index contributed by atoms with van der Waals surface area (Å²) < 4.78 is 5.14. The third-order valence-electron chi connectivity index (χ3n) is 3.30. The van der Waals surface area contributed by atoms with Crippen molar-refractivity contribution in [3.8, 4) is 0 Å². The Morgan fingerprint density at radius 1 is 1.22 bits per heavy atom. The molecule has 1 unspecified atom stereocenters. The number of rotatable bonds is 1. The number of carbonyl (C=O) groups excluding carboxylic acids is 2. The molecule has 0 N–H and O–H groups in total. The summed E-state index contributed by atoms with van der Waals surface area (Å²) in [6.45, 7) is 0.585. The maximum atomic E-state index is 12.3. The minimum Gasteiger partial charge on any atom is -0.483 e. The van der Waals surface area contributed by atoms with Crippen LogP contribution in [0.25, 0.3) is 0 Å². The van der Waals surface area contributed by atoms with E-state index in [4.69, 9.17) is 4.74 Å². The monoisotopic (exact) mass is 244 g/mol. The van der Waals surface area contributed by atoms with Crippen molar-refractivity contribution >= 4 is 17.7 Å². The summed E-state index contributed by atoms with van der Waals surface area (Å²) in [5.41, 5.74) is 0.926. The van der Waals surface area contributed by atoms with Gasteiger partial charge in [-0.3, -0.25) is 19.5 Å². The predicted octanol–water partition coefficient (Wildman–Crippen LogP) is 1.10. The molecule has 5 heteroatoms. The van der Waals surface area contributed by atoms with Crippen LogP contribution < -0.4 is 0 Å². The maximum Gasteiger partial charge on any atom is 0.262 e. The molecule has 0 radical (unpaired) electrons. The van der Waals surface area contributed by atoms with E-state index in [1.54, 1.807) is 24.3 Å². The molecular formula is C13H12N2O3. The number of ether oxygens (including phenoxy) is 1. The SMILES string of the molecule is COC1=NCCC1N1C(=O)c2ccccc2C1=O. The van der Waals surface area contributed by atoms with Crippen LogP contribution in [0.3, 0.4) is 0 Å². The molecule has 18 heavy (non-hydrogen) atoms. The van der Waals surface area contributed by atoms with Gasteiger partial charge >= 0.3 is 0 Å². The van der Waals surface area contributed by atoms with Crippen molar-refractivity contribution in [2.75, 3.05) is 13.7 Å². The molecule has 0 saturated carbocycles. The molecule has 0 bridgehead atoms. The second kappa shape index (κ2) is 3.94. The van der Waals surface area contributed by atoms with E-state index in [1.165, 1.54) is 12.0 Å².